The van der Waals surface area contributed by atoms with Crippen LogP contribution in [0.3, 0.4) is 0 Å². The molecule has 1 aromatic carbocycles. The Labute approximate surface area is 150 Å². The van der Waals surface area contributed by atoms with Crippen molar-refractivity contribution in [1.82, 2.24) is 19.9 Å². The van der Waals surface area contributed by atoms with Crippen LogP contribution in [0, 0.1) is 6.92 Å². The van der Waals surface area contributed by atoms with Gasteiger partial charge in [-0.05, 0) is 43.0 Å². The highest BCUT2D eigenvalue weighted by Crippen LogP contribution is 2.11. The lowest BCUT2D eigenvalue weighted by atomic mass is 10.1. The predicted molar refractivity (Wildman–Crippen MR) is 94.9 cm³/mol. The van der Waals surface area contributed by atoms with Crippen LogP contribution in [-0.2, 0) is 25.8 Å². The quantitative estimate of drug-likeness (QED) is 0.677. The second kappa shape index (κ2) is 7.61. The summed E-state index contributed by atoms with van der Waals surface area (Å²) in [6, 6.07) is 7.67. The average molecular weight is 359 g/mol. The Balaban J connectivity index is 1.67. The Kier molecular flexibility index (Phi) is 5.28. The van der Waals surface area contributed by atoms with E-state index in [2.05, 4.69) is 15.2 Å². The second-order valence-corrected chi connectivity index (χ2v) is 6.28. The first-order chi connectivity index (χ1) is 12.1. The Hall–Kier alpha value is -2.47. The van der Waals surface area contributed by atoms with E-state index in [0.29, 0.717) is 28.7 Å². The summed E-state index contributed by atoms with van der Waals surface area (Å²) in [5.41, 5.74) is 2.69. The molecule has 0 bridgehead atoms. The van der Waals surface area contributed by atoms with E-state index in [-0.39, 0.29) is 12.1 Å². The van der Waals surface area contributed by atoms with Gasteiger partial charge < -0.3 is 4.52 Å². The number of halogens is 1. The molecular weight excluding hydrogens is 340 g/mol. The predicted octanol–water partition coefficient (Wildman–Crippen LogP) is 2.98. The largest absolute Gasteiger partial charge is 0.337 e. The maximum absolute atomic E-state index is 12.3. The van der Waals surface area contributed by atoms with Crippen molar-refractivity contribution < 1.29 is 4.52 Å². The van der Waals surface area contributed by atoms with Gasteiger partial charge in [0.1, 0.15) is 6.54 Å². The molecule has 0 saturated carbocycles. The third-order valence-corrected chi connectivity index (χ3v) is 4.37. The van der Waals surface area contributed by atoms with Crippen LogP contribution in [0.2, 0.25) is 5.02 Å². The molecular formula is C18H19ClN4O2. The Bertz CT molecular complexity index is 916. The molecule has 0 atom stereocenters. The van der Waals surface area contributed by atoms with Crippen LogP contribution in [0.25, 0.3) is 0 Å². The molecule has 0 saturated heterocycles. The Morgan fingerprint density at radius 1 is 1.20 bits per heavy atom. The summed E-state index contributed by atoms with van der Waals surface area (Å²) in [6.45, 7) is 3.99. The van der Waals surface area contributed by atoms with Gasteiger partial charge in [0.25, 0.3) is 5.56 Å². The van der Waals surface area contributed by atoms with Gasteiger partial charge in [-0.2, -0.15) is 10.1 Å². The van der Waals surface area contributed by atoms with E-state index in [1.807, 2.05) is 38.1 Å². The molecule has 6 nitrogen and oxygen atoms in total. The SMILES string of the molecule is CCc1cnn(Cc2nc(CCc3ccc(Cl)cc3)no2)c(=O)c1C. The van der Waals surface area contributed by atoms with E-state index in [0.717, 1.165) is 24.0 Å². The number of hydrogen-bond donors (Lipinski definition) is 0. The van der Waals surface area contributed by atoms with Crippen molar-refractivity contribution in [1.29, 1.82) is 0 Å². The maximum atomic E-state index is 12.3. The summed E-state index contributed by atoms with van der Waals surface area (Å²) < 4.78 is 6.60. The average Bonchev–Trinajstić information content (AvgIpc) is 3.06. The lowest BCUT2D eigenvalue weighted by molar-refractivity contribution is 0.358. The number of aryl methyl sites for hydroxylation is 3. The molecule has 0 fully saturated rings. The van der Waals surface area contributed by atoms with Gasteiger partial charge in [-0.1, -0.05) is 35.8 Å². The minimum atomic E-state index is -0.125. The summed E-state index contributed by atoms with van der Waals surface area (Å²) >= 11 is 5.88. The topological polar surface area (TPSA) is 73.8 Å². The highest BCUT2D eigenvalue weighted by Gasteiger charge is 2.11. The van der Waals surface area contributed by atoms with E-state index in [1.54, 1.807) is 6.20 Å². The van der Waals surface area contributed by atoms with E-state index in [4.69, 9.17) is 16.1 Å². The van der Waals surface area contributed by atoms with Crippen LogP contribution < -0.4 is 5.56 Å². The van der Waals surface area contributed by atoms with Gasteiger partial charge in [0.2, 0.25) is 5.89 Å². The normalized spacial score (nSPS) is 11.0. The summed E-state index contributed by atoms with van der Waals surface area (Å²) in [7, 11) is 0. The first-order valence-corrected chi connectivity index (χ1v) is 8.56. The van der Waals surface area contributed by atoms with E-state index < -0.39 is 0 Å². The molecule has 2 heterocycles. The van der Waals surface area contributed by atoms with Crippen molar-refractivity contribution in [3.63, 3.8) is 0 Å². The van der Waals surface area contributed by atoms with Crippen molar-refractivity contribution in [3.8, 4) is 0 Å². The monoisotopic (exact) mass is 358 g/mol. The smallest absolute Gasteiger partial charge is 0.270 e. The second-order valence-electron chi connectivity index (χ2n) is 5.84. The molecule has 0 aliphatic carbocycles. The third kappa shape index (κ3) is 4.14. The highest BCUT2D eigenvalue weighted by atomic mass is 35.5. The van der Waals surface area contributed by atoms with Gasteiger partial charge >= 0.3 is 0 Å². The lowest BCUT2D eigenvalue weighted by Gasteiger charge is -2.05. The molecule has 0 unspecified atom stereocenters. The molecule has 0 aliphatic rings. The highest BCUT2D eigenvalue weighted by molar-refractivity contribution is 6.30. The van der Waals surface area contributed by atoms with Gasteiger partial charge in [0.05, 0.1) is 6.20 Å². The number of rotatable bonds is 6. The van der Waals surface area contributed by atoms with E-state index in [9.17, 15) is 4.79 Å². The van der Waals surface area contributed by atoms with Crippen LogP contribution in [0.5, 0.6) is 0 Å². The molecule has 0 N–H and O–H groups in total. The summed E-state index contributed by atoms with van der Waals surface area (Å²) in [5, 5.41) is 8.87. The molecule has 25 heavy (non-hydrogen) atoms. The number of hydrogen-bond acceptors (Lipinski definition) is 5. The van der Waals surface area contributed by atoms with Gasteiger partial charge in [-0.25, -0.2) is 4.68 Å². The van der Waals surface area contributed by atoms with Crippen molar-refractivity contribution in [2.24, 2.45) is 0 Å². The molecule has 0 amide bonds. The minimum Gasteiger partial charge on any atom is -0.337 e. The first kappa shape index (κ1) is 17.4. The van der Waals surface area contributed by atoms with Crippen molar-refractivity contribution in [2.45, 2.75) is 39.7 Å². The lowest BCUT2D eigenvalue weighted by Crippen LogP contribution is -2.26. The zero-order valence-corrected chi connectivity index (χ0v) is 15.0. The van der Waals surface area contributed by atoms with Crippen molar-refractivity contribution in [2.75, 3.05) is 0 Å². The van der Waals surface area contributed by atoms with Gasteiger partial charge in [0, 0.05) is 17.0 Å². The summed E-state index contributed by atoms with van der Waals surface area (Å²) in [4.78, 5) is 16.6. The fourth-order valence-corrected chi connectivity index (χ4v) is 2.71. The minimum absolute atomic E-state index is 0.125. The Morgan fingerprint density at radius 2 is 1.96 bits per heavy atom. The van der Waals surface area contributed by atoms with Crippen LogP contribution in [0.4, 0.5) is 0 Å². The Morgan fingerprint density at radius 3 is 2.68 bits per heavy atom. The van der Waals surface area contributed by atoms with Crippen molar-refractivity contribution >= 4 is 11.6 Å². The molecule has 130 valence electrons. The molecule has 3 rings (SSSR count). The maximum Gasteiger partial charge on any atom is 0.270 e. The van der Waals surface area contributed by atoms with Crippen LogP contribution >= 0.6 is 11.6 Å². The van der Waals surface area contributed by atoms with Gasteiger partial charge in [-0.3, -0.25) is 4.79 Å². The third-order valence-electron chi connectivity index (χ3n) is 4.12. The molecule has 0 aliphatic heterocycles. The van der Waals surface area contributed by atoms with E-state index in [1.165, 1.54) is 4.68 Å². The van der Waals surface area contributed by atoms with E-state index >= 15 is 0 Å². The zero-order valence-electron chi connectivity index (χ0n) is 14.2. The number of nitrogens with zero attached hydrogens (tertiary/aromatic N) is 4. The molecule has 0 spiro atoms. The fraction of sp³-hybridized carbons (Fsp3) is 0.333. The van der Waals surface area contributed by atoms with Crippen LogP contribution in [0.1, 0.15) is 35.3 Å². The molecule has 2 aromatic heterocycles. The van der Waals surface area contributed by atoms with Gasteiger partial charge in [0.15, 0.2) is 5.82 Å². The summed E-state index contributed by atoms with van der Waals surface area (Å²) in [5.74, 6) is 0.990. The number of benzene rings is 1. The van der Waals surface area contributed by atoms with Crippen LogP contribution in [-0.4, -0.2) is 19.9 Å². The van der Waals surface area contributed by atoms with Gasteiger partial charge in [-0.15, -0.1) is 0 Å². The standard InChI is InChI=1S/C18H19ClN4O2/c1-3-14-10-20-23(18(24)12(14)2)11-17-21-16(22-25-17)9-6-13-4-7-15(19)8-5-13/h4-5,7-8,10H,3,6,9,11H2,1-2H3. The molecule has 7 heteroatoms. The molecule has 0 radical (unpaired) electrons. The fourth-order valence-electron chi connectivity index (χ4n) is 2.58. The summed E-state index contributed by atoms with van der Waals surface area (Å²) in [6.07, 6.45) is 3.94. The molecule has 3 aromatic rings. The van der Waals surface area contributed by atoms with Crippen molar-refractivity contribution in [3.05, 3.63) is 74.2 Å². The van der Waals surface area contributed by atoms with Crippen LogP contribution in [0.15, 0.2) is 39.8 Å². The zero-order chi connectivity index (χ0) is 17.8. The first-order valence-electron chi connectivity index (χ1n) is 8.18. The number of aromatic nitrogens is 4.